The summed E-state index contributed by atoms with van der Waals surface area (Å²) in [5, 5.41) is 4.59. The molecule has 1 heterocycles. The van der Waals surface area contributed by atoms with Gasteiger partial charge in [0.1, 0.15) is 11.4 Å². The van der Waals surface area contributed by atoms with E-state index in [4.69, 9.17) is 4.74 Å². The van der Waals surface area contributed by atoms with E-state index in [0.29, 0.717) is 10.4 Å². The first kappa shape index (κ1) is 15.0. The van der Waals surface area contributed by atoms with Crippen LogP contribution in [-0.4, -0.2) is 24.6 Å². The molecule has 21 heavy (non-hydrogen) atoms. The average molecular weight is 291 g/mol. The van der Waals surface area contributed by atoms with E-state index in [1.807, 2.05) is 0 Å². The number of hydrogen-bond acceptors (Lipinski definition) is 3. The van der Waals surface area contributed by atoms with Crippen molar-refractivity contribution in [1.29, 1.82) is 0 Å². The summed E-state index contributed by atoms with van der Waals surface area (Å²) in [5.41, 5.74) is -0.632. The van der Waals surface area contributed by atoms with Gasteiger partial charge >= 0.3 is 6.09 Å². The Morgan fingerprint density at radius 3 is 2.57 bits per heavy atom. The molecule has 1 aromatic rings. The maximum Gasteiger partial charge on any atom is 0.414 e. The van der Waals surface area contributed by atoms with Crippen LogP contribution in [0.15, 0.2) is 12.1 Å². The van der Waals surface area contributed by atoms with Gasteiger partial charge in [0.15, 0.2) is 0 Å². The van der Waals surface area contributed by atoms with Crippen molar-refractivity contribution in [3.63, 3.8) is 0 Å². The lowest BCUT2D eigenvalue weighted by atomic mass is 10.1. The largest absolute Gasteiger partial charge is 0.443 e. The molecule has 1 aliphatic rings. The number of halogens is 1. The minimum atomic E-state index is -0.676. The average Bonchev–Trinajstić information content (AvgIpc) is 2.35. The van der Waals surface area contributed by atoms with E-state index in [1.54, 1.807) is 20.8 Å². The molecule has 6 heteroatoms. The SMILES string of the molecule is CN(C(=O)OC(C)(C)C)c1cc2c(cc1F)=C[N]C(=O)C=2. The molecule has 0 spiro atoms. The second-order valence-corrected chi connectivity index (χ2v) is 5.71. The van der Waals surface area contributed by atoms with Crippen molar-refractivity contribution in [2.24, 2.45) is 0 Å². The first-order chi connectivity index (χ1) is 9.67. The quantitative estimate of drug-likeness (QED) is 0.771. The van der Waals surface area contributed by atoms with Crippen LogP contribution in [0.5, 0.6) is 0 Å². The Balaban J connectivity index is 2.41. The van der Waals surface area contributed by atoms with E-state index < -0.39 is 23.4 Å². The van der Waals surface area contributed by atoms with Gasteiger partial charge in [0.25, 0.3) is 5.91 Å². The van der Waals surface area contributed by atoms with Crippen molar-refractivity contribution in [1.82, 2.24) is 5.32 Å². The number of ether oxygens (including phenoxy) is 1. The number of hydrogen-bond donors (Lipinski definition) is 0. The smallest absolute Gasteiger partial charge is 0.414 e. The molecule has 2 rings (SSSR count). The Hall–Kier alpha value is -2.37. The molecule has 0 saturated heterocycles. The van der Waals surface area contributed by atoms with Crippen molar-refractivity contribution in [3.05, 3.63) is 28.4 Å². The van der Waals surface area contributed by atoms with E-state index >= 15 is 0 Å². The maximum atomic E-state index is 14.1. The summed E-state index contributed by atoms with van der Waals surface area (Å²) < 4.78 is 19.3. The lowest BCUT2D eigenvalue weighted by Crippen LogP contribution is -2.38. The second kappa shape index (κ2) is 5.20. The van der Waals surface area contributed by atoms with E-state index in [0.717, 1.165) is 4.90 Å². The number of carbonyl (C=O) groups excluding carboxylic acids is 2. The summed E-state index contributed by atoms with van der Waals surface area (Å²) in [4.78, 5) is 24.3. The standard InChI is InChI=1S/C15H16FN2O3/c1-15(2,3)21-14(20)18(4)12-6-9-7-13(19)17-8-10(9)5-11(12)16/h5-8H,1-4H3. The third-order valence-corrected chi connectivity index (χ3v) is 2.79. The molecule has 0 aromatic heterocycles. The molecular weight excluding hydrogens is 275 g/mol. The van der Waals surface area contributed by atoms with Gasteiger partial charge in [-0.1, -0.05) is 0 Å². The van der Waals surface area contributed by atoms with Gasteiger partial charge in [0.05, 0.1) is 5.69 Å². The Kier molecular flexibility index (Phi) is 3.72. The van der Waals surface area contributed by atoms with E-state index in [9.17, 15) is 14.0 Å². The molecule has 1 aromatic carbocycles. The van der Waals surface area contributed by atoms with Gasteiger partial charge in [-0.25, -0.2) is 14.5 Å². The highest BCUT2D eigenvalue weighted by Gasteiger charge is 2.22. The van der Waals surface area contributed by atoms with Gasteiger partial charge in [-0.2, -0.15) is 0 Å². The number of carbonyl (C=O) groups is 2. The highest BCUT2D eigenvalue weighted by molar-refractivity contribution is 6.06. The number of amides is 2. The molecule has 111 valence electrons. The number of fused-ring (bicyclic) bond motifs is 1. The van der Waals surface area contributed by atoms with Crippen molar-refractivity contribution in [3.8, 4) is 0 Å². The molecule has 1 aliphatic heterocycles. The predicted molar refractivity (Wildman–Crippen MR) is 76.4 cm³/mol. The highest BCUT2D eigenvalue weighted by atomic mass is 19.1. The van der Waals surface area contributed by atoms with Crippen LogP contribution in [0.4, 0.5) is 14.9 Å². The van der Waals surface area contributed by atoms with E-state index in [2.05, 4.69) is 5.32 Å². The first-order valence-corrected chi connectivity index (χ1v) is 6.40. The molecule has 1 radical (unpaired) electrons. The van der Waals surface area contributed by atoms with Gasteiger partial charge < -0.3 is 4.74 Å². The number of nitrogens with zero attached hydrogens (tertiary/aromatic N) is 2. The van der Waals surface area contributed by atoms with Crippen LogP contribution in [-0.2, 0) is 9.53 Å². The highest BCUT2D eigenvalue weighted by Crippen LogP contribution is 2.17. The summed E-state index contributed by atoms with van der Waals surface area (Å²) in [7, 11) is 1.41. The number of anilines is 1. The number of benzene rings is 1. The van der Waals surface area contributed by atoms with Crippen LogP contribution in [0.25, 0.3) is 12.3 Å². The van der Waals surface area contributed by atoms with Crippen LogP contribution in [0.2, 0.25) is 0 Å². The van der Waals surface area contributed by atoms with Crippen LogP contribution >= 0.6 is 0 Å². The Morgan fingerprint density at radius 1 is 1.29 bits per heavy atom. The molecule has 0 fully saturated rings. The predicted octanol–water partition coefficient (Wildman–Crippen LogP) is 0.860. The minimum absolute atomic E-state index is 0.0438. The molecule has 0 unspecified atom stereocenters. The Labute approximate surface area is 121 Å². The maximum absolute atomic E-state index is 14.1. The third-order valence-electron chi connectivity index (χ3n) is 2.79. The van der Waals surface area contributed by atoms with Crippen LogP contribution in [0.1, 0.15) is 20.8 Å². The van der Waals surface area contributed by atoms with Crippen LogP contribution in [0, 0.1) is 5.82 Å². The second-order valence-electron chi connectivity index (χ2n) is 5.71. The van der Waals surface area contributed by atoms with Gasteiger partial charge in [-0.15, -0.1) is 0 Å². The van der Waals surface area contributed by atoms with E-state index in [-0.39, 0.29) is 5.69 Å². The molecular formula is C15H16FN2O3. The van der Waals surface area contributed by atoms with Crippen molar-refractivity contribution >= 4 is 30.0 Å². The van der Waals surface area contributed by atoms with E-state index in [1.165, 1.54) is 31.5 Å². The summed E-state index contributed by atoms with van der Waals surface area (Å²) >= 11 is 0. The third kappa shape index (κ3) is 3.39. The lowest BCUT2D eigenvalue weighted by Gasteiger charge is -2.25. The monoisotopic (exact) mass is 291 g/mol. The zero-order valence-electron chi connectivity index (χ0n) is 12.3. The van der Waals surface area contributed by atoms with Crippen molar-refractivity contribution in [2.45, 2.75) is 26.4 Å². The summed E-state index contributed by atoms with van der Waals surface area (Å²) in [6.45, 7) is 5.18. The summed E-state index contributed by atoms with van der Waals surface area (Å²) in [6.07, 6.45) is 1.93. The topological polar surface area (TPSA) is 60.7 Å². The Bertz CT molecular complexity index is 720. The minimum Gasteiger partial charge on any atom is -0.443 e. The zero-order valence-corrected chi connectivity index (χ0v) is 12.3. The van der Waals surface area contributed by atoms with Gasteiger partial charge in [0, 0.05) is 24.5 Å². The molecule has 0 bridgehead atoms. The summed E-state index contributed by atoms with van der Waals surface area (Å²) in [6, 6.07) is 2.66. The van der Waals surface area contributed by atoms with Crippen LogP contribution < -0.4 is 20.7 Å². The molecule has 0 aliphatic carbocycles. The molecule has 2 amide bonds. The lowest BCUT2D eigenvalue weighted by molar-refractivity contribution is -0.114. The summed E-state index contributed by atoms with van der Waals surface area (Å²) in [5.74, 6) is -1.00. The fourth-order valence-electron chi connectivity index (χ4n) is 1.82. The van der Waals surface area contributed by atoms with Gasteiger partial charge in [-0.05, 0) is 38.1 Å². The fourth-order valence-corrected chi connectivity index (χ4v) is 1.82. The van der Waals surface area contributed by atoms with Gasteiger partial charge in [-0.3, -0.25) is 9.69 Å². The van der Waals surface area contributed by atoms with Crippen molar-refractivity contribution < 1.29 is 18.7 Å². The van der Waals surface area contributed by atoms with Gasteiger partial charge in [0.2, 0.25) is 0 Å². The number of rotatable bonds is 1. The molecule has 0 saturated carbocycles. The fraction of sp³-hybridized carbons (Fsp3) is 0.333. The normalized spacial score (nSPS) is 13.5. The molecule has 0 N–H and O–H groups in total. The van der Waals surface area contributed by atoms with Crippen molar-refractivity contribution in [2.75, 3.05) is 11.9 Å². The van der Waals surface area contributed by atoms with Crippen LogP contribution in [0.3, 0.4) is 0 Å². The molecule has 0 atom stereocenters. The zero-order chi connectivity index (χ0) is 15.8. The molecule has 5 nitrogen and oxygen atoms in total. The Morgan fingerprint density at radius 2 is 1.95 bits per heavy atom. The first-order valence-electron chi connectivity index (χ1n) is 6.40.